The van der Waals surface area contributed by atoms with Crippen LogP contribution in [-0.4, -0.2) is 35.1 Å². The minimum atomic E-state index is -1.13. The maximum atomic E-state index is 12.1. The topological polar surface area (TPSA) is 69.6 Å². The van der Waals surface area contributed by atoms with Crippen molar-refractivity contribution in [3.05, 3.63) is 39.4 Å². The average Bonchev–Trinajstić information content (AvgIpc) is 2.43. The van der Waals surface area contributed by atoms with E-state index in [0.29, 0.717) is 13.1 Å². The number of carbonyl (C=O) groups is 2. The summed E-state index contributed by atoms with van der Waals surface area (Å²) in [6.45, 7) is 3.17. The van der Waals surface area contributed by atoms with Crippen molar-refractivity contribution in [2.75, 3.05) is 18.4 Å². The highest BCUT2D eigenvalue weighted by atomic mass is 35.5. The van der Waals surface area contributed by atoms with Crippen molar-refractivity contribution >= 4 is 40.9 Å². The van der Waals surface area contributed by atoms with E-state index in [1.807, 2.05) is 13.0 Å². The number of carboxylic acids is 1. The third kappa shape index (κ3) is 3.68. The Morgan fingerprint density at radius 3 is 2.38 bits per heavy atom. The molecular weight excluding hydrogens is 315 g/mol. The standard InChI is InChI=1S/C14H14Cl2N2O3/c1-8-2-4-18(5-3-8)14(21)17-12-10(15)6-9(13(19)20)7-11(12)16/h2,6-7H,3-5H2,1H3,(H,17,21)(H,19,20). The van der Waals surface area contributed by atoms with Crippen LogP contribution >= 0.6 is 23.2 Å². The number of amides is 2. The number of carboxylic acid groups (broad SMARTS) is 1. The number of nitrogens with zero attached hydrogens (tertiary/aromatic N) is 1. The van der Waals surface area contributed by atoms with Crippen molar-refractivity contribution in [1.29, 1.82) is 0 Å². The molecule has 0 bridgehead atoms. The molecule has 0 aromatic heterocycles. The fourth-order valence-corrected chi connectivity index (χ4v) is 2.54. The minimum Gasteiger partial charge on any atom is -0.478 e. The van der Waals surface area contributed by atoms with Crippen molar-refractivity contribution < 1.29 is 14.7 Å². The number of urea groups is 1. The zero-order valence-corrected chi connectivity index (χ0v) is 12.8. The first-order valence-corrected chi connectivity index (χ1v) is 7.08. The highest BCUT2D eigenvalue weighted by molar-refractivity contribution is 6.40. The van der Waals surface area contributed by atoms with Crippen LogP contribution in [0.25, 0.3) is 0 Å². The first kappa shape index (κ1) is 15.7. The lowest BCUT2D eigenvalue weighted by Crippen LogP contribution is -2.38. The van der Waals surface area contributed by atoms with Crippen LogP contribution in [0.4, 0.5) is 10.5 Å². The number of rotatable bonds is 2. The second kappa shape index (κ2) is 6.37. The lowest BCUT2D eigenvalue weighted by Gasteiger charge is -2.26. The van der Waals surface area contributed by atoms with E-state index in [2.05, 4.69) is 5.32 Å². The molecule has 0 atom stereocenters. The molecule has 0 radical (unpaired) electrons. The van der Waals surface area contributed by atoms with E-state index in [0.717, 1.165) is 6.42 Å². The van der Waals surface area contributed by atoms with Crippen molar-refractivity contribution in [1.82, 2.24) is 4.90 Å². The Hall–Kier alpha value is -1.72. The minimum absolute atomic E-state index is 0.0282. The normalized spacial score (nSPS) is 14.6. The van der Waals surface area contributed by atoms with Crippen LogP contribution in [0, 0.1) is 0 Å². The van der Waals surface area contributed by atoms with Crippen LogP contribution in [0.2, 0.25) is 10.0 Å². The molecule has 2 rings (SSSR count). The van der Waals surface area contributed by atoms with Gasteiger partial charge in [0.25, 0.3) is 0 Å². The van der Waals surface area contributed by atoms with Crippen molar-refractivity contribution in [3.8, 4) is 0 Å². The largest absolute Gasteiger partial charge is 0.478 e. The molecule has 2 amide bonds. The fraction of sp³-hybridized carbons (Fsp3) is 0.286. The second-order valence-electron chi connectivity index (χ2n) is 4.80. The van der Waals surface area contributed by atoms with Crippen LogP contribution in [0.5, 0.6) is 0 Å². The lowest BCUT2D eigenvalue weighted by atomic mass is 10.1. The van der Waals surface area contributed by atoms with Gasteiger partial charge in [-0.3, -0.25) is 0 Å². The number of hydrogen-bond acceptors (Lipinski definition) is 2. The molecule has 1 aromatic rings. The molecule has 0 fully saturated rings. The summed E-state index contributed by atoms with van der Waals surface area (Å²) in [4.78, 5) is 24.7. The van der Waals surface area contributed by atoms with Gasteiger partial charge in [0, 0.05) is 13.1 Å². The van der Waals surface area contributed by atoms with Gasteiger partial charge in [0.15, 0.2) is 0 Å². The number of nitrogens with one attached hydrogen (secondary N) is 1. The van der Waals surface area contributed by atoms with Crippen LogP contribution in [0.15, 0.2) is 23.8 Å². The predicted octanol–water partition coefficient (Wildman–Crippen LogP) is 3.88. The zero-order chi connectivity index (χ0) is 15.6. The first-order valence-electron chi connectivity index (χ1n) is 6.32. The monoisotopic (exact) mass is 328 g/mol. The van der Waals surface area contributed by atoms with Crippen LogP contribution in [0.3, 0.4) is 0 Å². The van der Waals surface area contributed by atoms with Gasteiger partial charge in [-0.1, -0.05) is 34.9 Å². The summed E-state index contributed by atoms with van der Waals surface area (Å²) < 4.78 is 0. The highest BCUT2D eigenvalue weighted by Crippen LogP contribution is 2.32. The van der Waals surface area contributed by atoms with Crippen LogP contribution in [0.1, 0.15) is 23.7 Å². The van der Waals surface area contributed by atoms with Gasteiger partial charge in [0.1, 0.15) is 0 Å². The molecular formula is C14H14Cl2N2O3. The molecule has 1 aromatic carbocycles. The molecule has 0 saturated carbocycles. The van der Waals surface area contributed by atoms with Gasteiger partial charge in [-0.15, -0.1) is 0 Å². The van der Waals surface area contributed by atoms with Gasteiger partial charge in [-0.2, -0.15) is 0 Å². The van der Waals surface area contributed by atoms with Gasteiger partial charge in [-0.25, -0.2) is 9.59 Å². The fourth-order valence-electron chi connectivity index (χ4n) is 1.96. The number of benzene rings is 1. The molecule has 0 saturated heterocycles. The smallest absolute Gasteiger partial charge is 0.335 e. The Morgan fingerprint density at radius 1 is 1.29 bits per heavy atom. The summed E-state index contributed by atoms with van der Waals surface area (Å²) in [5.74, 6) is -1.13. The maximum absolute atomic E-state index is 12.1. The summed E-state index contributed by atoms with van der Waals surface area (Å²) in [5.41, 5.74) is 1.44. The van der Waals surface area contributed by atoms with Crippen molar-refractivity contribution in [2.45, 2.75) is 13.3 Å². The van der Waals surface area contributed by atoms with E-state index in [9.17, 15) is 9.59 Å². The molecule has 0 unspecified atom stereocenters. The highest BCUT2D eigenvalue weighted by Gasteiger charge is 2.19. The van der Waals surface area contributed by atoms with Crippen molar-refractivity contribution in [2.24, 2.45) is 0 Å². The molecule has 0 aliphatic carbocycles. The first-order chi connectivity index (χ1) is 9.88. The van der Waals surface area contributed by atoms with Crippen molar-refractivity contribution in [3.63, 3.8) is 0 Å². The number of anilines is 1. The molecule has 7 heteroatoms. The molecule has 5 nitrogen and oxygen atoms in total. The van der Waals surface area contributed by atoms with E-state index < -0.39 is 5.97 Å². The van der Waals surface area contributed by atoms with E-state index in [4.69, 9.17) is 28.3 Å². The number of aromatic carboxylic acids is 1. The third-order valence-electron chi connectivity index (χ3n) is 3.24. The third-order valence-corrected chi connectivity index (χ3v) is 3.84. The Morgan fingerprint density at radius 2 is 1.90 bits per heavy atom. The lowest BCUT2D eigenvalue weighted by molar-refractivity contribution is 0.0697. The SMILES string of the molecule is CC1=CCN(C(=O)Nc2c(Cl)cc(C(=O)O)cc2Cl)CC1. The Kier molecular flexibility index (Phi) is 4.75. The maximum Gasteiger partial charge on any atom is 0.335 e. The summed E-state index contributed by atoms with van der Waals surface area (Å²) in [5, 5.41) is 11.7. The number of carbonyl (C=O) groups excluding carboxylic acids is 1. The Bertz CT molecular complexity index is 606. The number of hydrogen-bond donors (Lipinski definition) is 2. The molecule has 112 valence electrons. The van der Waals surface area contributed by atoms with Crippen LogP contribution in [-0.2, 0) is 0 Å². The van der Waals surface area contributed by atoms with E-state index in [1.165, 1.54) is 17.7 Å². The number of halogens is 2. The molecule has 2 N–H and O–H groups in total. The Labute approximate surface area is 132 Å². The van der Waals surface area contributed by atoms with Gasteiger partial charge < -0.3 is 15.3 Å². The van der Waals surface area contributed by atoms with Gasteiger partial charge in [0.2, 0.25) is 0 Å². The average molecular weight is 329 g/mol. The summed E-state index contributed by atoms with van der Waals surface area (Å²) in [6, 6.07) is 2.20. The van der Waals surface area contributed by atoms with E-state index >= 15 is 0 Å². The second-order valence-corrected chi connectivity index (χ2v) is 5.61. The van der Waals surface area contributed by atoms with E-state index in [-0.39, 0.29) is 27.3 Å². The molecule has 1 heterocycles. The van der Waals surface area contributed by atoms with Gasteiger partial charge in [0.05, 0.1) is 21.3 Å². The summed E-state index contributed by atoms with van der Waals surface area (Å²) in [7, 11) is 0. The molecule has 1 aliphatic rings. The quantitative estimate of drug-likeness (QED) is 0.809. The Balaban J connectivity index is 2.16. The summed E-state index contributed by atoms with van der Waals surface area (Å²) in [6.07, 6.45) is 2.81. The predicted molar refractivity (Wildman–Crippen MR) is 82.4 cm³/mol. The summed E-state index contributed by atoms with van der Waals surface area (Å²) >= 11 is 12.0. The molecule has 0 spiro atoms. The molecule has 1 aliphatic heterocycles. The zero-order valence-electron chi connectivity index (χ0n) is 11.3. The van der Waals surface area contributed by atoms with Crippen LogP contribution < -0.4 is 5.32 Å². The van der Waals surface area contributed by atoms with E-state index in [1.54, 1.807) is 4.90 Å². The van der Waals surface area contributed by atoms with Gasteiger partial charge in [-0.05, 0) is 25.5 Å². The van der Waals surface area contributed by atoms with Gasteiger partial charge >= 0.3 is 12.0 Å². The molecule has 21 heavy (non-hydrogen) atoms.